The number of primary amides is 1. The second kappa shape index (κ2) is 9.41. The van der Waals surface area contributed by atoms with E-state index in [0.717, 1.165) is 38.0 Å². The first kappa shape index (κ1) is 27.3. The van der Waals surface area contributed by atoms with Crippen LogP contribution in [0.25, 0.3) is 0 Å². The van der Waals surface area contributed by atoms with Crippen LogP contribution < -0.4 is 15.5 Å². The molecule has 0 radical (unpaired) electrons. The fraction of sp³-hybridized carbons (Fsp3) is 0.607. The zero-order chi connectivity index (χ0) is 28.5. The average Bonchev–Trinajstić information content (AvgIpc) is 2.86. The van der Waals surface area contributed by atoms with Crippen LogP contribution in [0.1, 0.15) is 41.6 Å². The van der Waals surface area contributed by atoms with Crippen molar-refractivity contribution in [1.29, 1.82) is 0 Å². The van der Waals surface area contributed by atoms with Gasteiger partial charge in [0.15, 0.2) is 34.7 Å². The summed E-state index contributed by atoms with van der Waals surface area (Å²) in [7, 11) is 6.83. The van der Waals surface area contributed by atoms with Gasteiger partial charge in [0.2, 0.25) is 5.91 Å². The number of Topliss-reactive ketones (excluding diaryl/α,β-unsaturated/α-hetero) is 4. The molecule has 1 heterocycles. The number of anilines is 2. The third-order valence-corrected chi connectivity index (χ3v) is 9.20. The standard InChI is InChI=1S/C28H36N4O7/c1-30(2)16-12-17(32-8-6-5-7-9-32)22(33)19-14(16)10-13-11-15-21(31(3)4)24(35)20(27(29)38)26(37)28(15,39)25(36)18(13)23(19)34/h12-13,15,18,20-21,33,39H,5-11H2,1-4H3,(H2,29,38)/t13-,15-,18?,20?,21-,28-/m0/s1. The fourth-order valence-electron chi connectivity index (χ4n) is 7.41. The number of hydrogen-bond acceptors (Lipinski definition) is 10. The molecule has 6 atom stereocenters. The van der Waals surface area contributed by atoms with Crippen LogP contribution in [0.15, 0.2) is 6.07 Å². The normalized spacial score (nSPS) is 32.6. The smallest absolute Gasteiger partial charge is 0.235 e. The van der Waals surface area contributed by atoms with E-state index in [1.807, 2.05) is 30.0 Å². The third-order valence-electron chi connectivity index (χ3n) is 9.20. The van der Waals surface area contributed by atoms with Crippen LogP contribution >= 0.6 is 0 Å². The molecule has 1 saturated heterocycles. The minimum atomic E-state index is -2.72. The van der Waals surface area contributed by atoms with Gasteiger partial charge in [0.25, 0.3) is 0 Å². The van der Waals surface area contributed by atoms with E-state index in [1.165, 1.54) is 4.90 Å². The van der Waals surface area contributed by atoms with Gasteiger partial charge in [0, 0.05) is 38.8 Å². The Labute approximate surface area is 226 Å². The van der Waals surface area contributed by atoms with Crippen LogP contribution in [0.3, 0.4) is 0 Å². The summed E-state index contributed by atoms with van der Waals surface area (Å²) >= 11 is 0. The fourth-order valence-corrected chi connectivity index (χ4v) is 7.41. The molecule has 4 N–H and O–H groups in total. The van der Waals surface area contributed by atoms with E-state index in [0.29, 0.717) is 11.3 Å². The highest BCUT2D eigenvalue weighted by Gasteiger charge is 2.69. The Hall–Kier alpha value is -3.31. The molecule has 3 aliphatic carbocycles. The number of phenolic OH excluding ortho intramolecular Hbond substituents is 1. The summed E-state index contributed by atoms with van der Waals surface area (Å²) in [5.41, 5.74) is 4.56. The van der Waals surface area contributed by atoms with Gasteiger partial charge >= 0.3 is 0 Å². The molecule has 0 spiro atoms. The molecule has 3 fully saturated rings. The number of fused-ring (bicyclic) bond motifs is 3. The van der Waals surface area contributed by atoms with Crippen LogP contribution in [0, 0.1) is 23.7 Å². The molecule has 210 valence electrons. The van der Waals surface area contributed by atoms with Crippen molar-refractivity contribution in [1.82, 2.24) is 4.90 Å². The maximum absolute atomic E-state index is 14.1. The van der Waals surface area contributed by atoms with E-state index in [2.05, 4.69) is 0 Å². The monoisotopic (exact) mass is 540 g/mol. The van der Waals surface area contributed by atoms with Crippen LogP contribution in [0.4, 0.5) is 11.4 Å². The van der Waals surface area contributed by atoms with Crippen LogP contribution in [0.2, 0.25) is 0 Å². The first-order valence-electron chi connectivity index (χ1n) is 13.5. The van der Waals surface area contributed by atoms with Gasteiger partial charge in [-0.05, 0) is 63.7 Å². The number of benzene rings is 1. The van der Waals surface area contributed by atoms with Crippen molar-refractivity contribution in [2.75, 3.05) is 51.1 Å². The van der Waals surface area contributed by atoms with Crippen molar-refractivity contribution >= 4 is 40.4 Å². The molecule has 39 heavy (non-hydrogen) atoms. The lowest BCUT2D eigenvalue weighted by Crippen LogP contribution is -2.74. The Kier molecular flexibility index (Phi) is 6.58. The second-order valence-electron chi connectivity index (χ2n) is 11.8. The summed E-state index contributed by atoms with van der Waals surface area (Å²) in [6.45, 7) is 1.45. The lowest BCUT2D eigenvalue weighted by Gasteiger charge is -2.52. The maximum atomic E-state index is 14.1. The Morgan fingerprint density at radius 1 is 1.05 bits per heavy atom. The molecule has 1 aliphatic heterocycles. The van der Waals surface area contributed by atoms with Crippen molar-refractivity contribution in [2.45, 2.75) is 43.7 Å². The van der Waals surface area contributed by atoms with Crippen molar-refractivity contribution < 1.29 is 34.2 Å². The molecule has 2 unspecified atom stereocenters. The van der Waals surface area contributed by atoms with Crippen LogP contribution in [0.5, 0.6) is 5.75 Å². The highest BCUT2D eigenvalue weighted by molar-refractivity contribution is 6.32. The third kappa shape index (κ3) is 3.81. The lowest BCUT2D eigenvalue weighted by atomic mass is 9.52. The molecule has 0 bridgehead atoms. The molecule has 5 rings (SSSR count). The van der Waals surface area contributed by atoms with Crippen molar-refractivity contribution in [3.05, 3.63) is 17.2 Å². The number of carbonyl (C=O) groups is 5. The number of aliphatic hydroxyl groups is 1. The van der Waals surface area contributed by atoms with Crippen LogP contribution in [-0.4, -0.2) is 97.1 Å². The van der Waals surface area contributed by atoms with E-state index in [-0.39, 0.29) is 24.2 Å². The van der Waals surface area contributed by atoms with Gasteiger partial charge in [-0.25, -0.2) is 0 Å². The second-order valence-corrected chi connectivity index (χ2v) is 11.8. The summed E-state index contributed by atoms with van der Waals surface area (Å²) < 4.78 is 0. The number of nitrogens with zero attached hydrogens (tertiary/aromatic N) is 3. The maximum Gasteiger partial charge on any atom is 0.235 e. The van der Waals surface area contributed by atoms with E-state index in [1.54, 1.807) is 14.1 Å². The van der Waals surface area contributed by atoms with E-state index >= 15 is 0 Å². The number of hydrogen-bond donors (Lipinski definition) is 3. The number of aromatic hydroxyl groups is 1. The van der Waals surface area contributed by atoms with Gasteiger partial charge in [-0.15, -0.1) is 0 Å². The van der Waals surface area contributed by atoms with E-state index in [4.69, 9.17) is 5.73 Å². The zero-order valence-electron chi connectivity index (χ0n) is 22.8. The minimum Gasteiger partial charge on any atom is -0.505 e. The van der Waals surface area contributed by atoms with Gasteiger partial charge in [0.05, 0.1) is 23.2 Å². The molecular weight excluding hydrogens is 504 g/mol. The number of amides is 1. The van der Waals surface area contributed by atoms with Gasteiger partial charge in [0.1, 0.15) is 5.75 Å². The summed E-state index contributed by atoms with van der Waals surface area (Å²) in [5, 5.41) is 23.2. The van der Waals surface area contributed by atoms with Crippen molar-refractivity contribution in [2.24, 2.45) is 29.4 Å². The topological polar surface area (TPSA) is 162 Å². The number of carbonyl (C=O) groups excluding carboxylic acids is 5. The lowest BCUT2D eigenvalue weighted by molar-refractivity contribution is -0.181. The van der Waals surface area contributed by atoms with Gasteiger partial charge in [-0.3, -0.25) is 28.9 Å². The predicted octanol–water partition coefficient (Wildman–Crippen LogP) is -0.0767. The van der Waals surface area contributed by atoms with Crippen molar-refractivity contribution in [3.63, 3.8) is 0 Å². The van der Waals surface area contributed by atoms with Crippen LogP contribution in [-0.2, 0) is 25.6 Å². The Morgan fingerprint density at radius 3 is 2.26 bits per heavy atom. The molecule has 11 heteroatoms. The zero-order valence-corrected chi connectivity index (χ0v) is 22.8. The summed E-state index contributed by atoms with van der Waals surface area (Å²) in [4.78, 5) is 72.3. The summed E-state index contributed by atoms with van der Waals surface area (Å²) in [5.74, 6) is -10.3. The number of ketones is 4. The number of piperidine rings is 1. The quantitative estimate of drug-likeness (QED) is 0.441. The highest BCUT2D eigenvalue weighted by Crippen LogP contribution is 2.53. The largest absolute Gasteiger partial charge is 0.505 e. The minimum absolute atomic E-state index is 0.0331. The molecule has 1 aromatic rings. The van der Waals surface area contributed by atoms with E-state index < -0.39 is 64.4 Å². The first-order chi connectivity index (χ1) is 18.3. The molecule has 1 aromatic carbocycles. The van der Waals surface area contributed by atoms with Gasteiger partial charge < -0.3 is 25.7 Å². The summed E-state index contributed by atoms with van der Waals surface area (Å²) in [6.07, 6.45) is 3.26. The first-order valence-corrected chi connectivity index (χ1v) is 13.5. The molecule has 4 aliphatic rings. The predicted molar refractivity (Wildman–Crippen MR) is 142 cm³/mol. The molecule has 1 amide bonds. The Bertz CT molecular complexity index is 1280. The Balaban J connectivity index is 1.65. The van der Waals surface area contributed by atoms with E-state index in [9.17, 15) is 34.2 Å². The van der Waals surface area contributed by atoms with Gasteiger partial charge in [-0.1, -0.05) is 0 Å². The van der Waals surface area contributed by atoms with Gasteiger partial charge in [-0.2, -0.15) is 0 Å². The highest BCUT2D eigenvalue weighted by atomic mass is 16.3. The number of nitrogens with two attached hydrogens (primary N) is 1. The molecule has 0 aromatic heterocycles. The summed E-state index contributed by atoms with van der Waals surface area (Å²) in [6, 6.07) is 0.761. The number of likely N-dealkylation sites (N-methyl/N-ethyl adjacent to an activating group) is 1. The molecular formula is C28H36N4O7. The SMILES string of the molecule is CN(C)c1cc(N2CCCCC2)c(O)c2c1C[C@H]1C[C@H]3[C@H](N(C)C)C(=O)C(C(N)=O)C(=O)[C@@]3(O)C(=O)C1C2=O. The van der Waals surface area contributed by atoms with Crippen molar-refractivity contribution in [3.8, 4) is 5.75 Å². The average molecular weight is 541 g/mol. The molecule has 2 saturated carbocycles. The molecule has 11 nitrogen and oxygen atoms in total. The number of phenols is 1. The number of rotatable bonds is 4. The Morgan fingerprint density at radius 2 is 1.69 bits per heavy atom.